The van der Waals surface area contributed by atoms with Crippen LogP contribution < -0.4 is 5.32 Å². The van der Waals surface area contributed by atoms with Gasteiger partial charge in [-0.25, -0.2) is 0 Å². The number of hydrogen-bond donors (Lipinski definition) is 2. The molecular formula is C17H28N2. The third-order valence-electron chi connectivity index (χ3n) is 3.09. The van der Waals surface area contributed by atoms with E-state index in [1.165, 1.54) is 5.57 Å². The molecule has 0 bridgehead atoms. The molecular weight excluding hydrogens is 232 g/mol. The first kappa shape index (κ1) is 17.6. The molecule has 1 aliphatic carbocycles. The SMILES string of the molecule is C=C/C=C(C=C)/C=C1\CCC(CNC)C(=N)C1.CC. The van der Waals surface area contributed by atoms with Crippen molar-refractivity contribution < 1.29 is 0 Å². The van der Waals surface area contributed by atoms with E-state index in [0.29, 0.717) is 5.92 Å². The van der Waals surface area contributed by atoms with Gasteiger partial charge in [0.05, 0.1) is 0 Å². The fourth-order valence-corrected chi connectivity index (χ4v) is 2.15. The molecule has 106 valence electrons. The van der Waals surface area contributed by atoms with Gasteiger partial charge in [-0.2, -0.15) is 0 Å². The first-order valence-electron chi connectivity index (χ1n) is 7.07. The molecule has 0 aromatic carbocycles. The molecule has 2 nitrogen and oxygen atoms in total. The summed E-state index contributed by atoms with van der Waals surface area (Å²) in [5.74, 6) is 0.410. The summed E-state index contributed by atoms with van der Waals surface area (Å²) >= 11 is 0. The summed E-state index contributed by atoms with van der Waals surface area (Å²) in [7, 11) is 1.95. The molecule has 1 saturated carbocycles. The van der Waals surface area contributed by atoms with Gasteiger partial charge in [-0.15, -0.1) is 0 Å². The lowest BCUT2D eigenvalue weighted by Crippen LogP contribution is -2.29. The van der Waals surface area contributed by atoms with E-state index in [1.54, 1.807) is 6.08 Å². The van der Waals surface area contributed by atoms with Gasteiger partial charge >= 0.3 is 0 Å². The summed E-state index contributed by atoms with van der Waals surface area (Å²) < 4.78 is 0. The van der Waals surface area contributed by atoms with Crippen molar-refractivity contribution >= 4 is 5.71 Å². The summed E-state index contributed by atoms with van der Waals surface area (Å²) in [6.07, 6.45) is 10.6. The smallest absolute Gasteiger partial charge is 0.0173 e. The lowest BCUT2D eigenvalue weighted by Gasteiger charge is -2.25. The minimum atomic E-state index is 0.410. The molecule has 2 N–H and O–H groups in total. The normalized spacial score (nSPS) is 21.6. The highest BCUT2D eigenvalue weighted by Crippen LogP contribution is 2.26. The van der Waals surface area contributed by atoms with E-state index in [4.69, 9.17) is 5.41 Å². The predicted octanol–water partition coefficient (Wildman–Crippen LogP) is 4.28. The van der Waals surface area contributed by atoms with Gasteiger partial charge in [0.1, 0.15) is 0 Å². The first-order chi connectivity index (χ1) is 9.21. The zero-order valence-electron chi connectivity index (χ0n) is 12.6. The molecule has 0 aliphatic heterocycles. The molecule has 0 amide bonds. The maximum Gasteiger partial charge on any atom is 0.0173 e. The van der Waals surface area contributed by atoms with E-state index in [1.807, 2.05) is 33.0 Å². The Balaban J connectivity index is 0.00000154. The average molecular weight is 260 g/mol. The molecule has 0 heterocycles. The van der Waals surface area contributed by atoms with Crippen molar-refractivity contribution in [2.45, 2.75) is 33.1 Å². The van der Waals surface area contributed by atoms with Gasteiger partial charge in [0, 0.05) is 24.6 Å². The van der Waals surface area contributed by atoms with Crippen LogP contribution in [-0.2, 0) is 0 Å². The molecule has 1 fully saturated rings. The third-order valence-corrected chi connectivity index (χ3v) is 3.09. The van der Waals surface area contributed by atoms with Gasteiger partial charge in [-0.05, 0) is 25.5 Å². The topological polar surface area (TPSA) is 35.9 Å². The summed E-state index contributed by atoms with van der Waals surface area (Å²) in [6, 6.07) is 0. The molecule has 1 aliphatic rings. The van der Waals surface area contributed by atoms with Gasteiger partial charge in [0.2, 0.25) is 0 Å². The fourth-order valence-electron chi connectivity index (χ4n) is 2.15. The van der Waals surface area contributed by atoms with Crippen molar-refractivity contribution in [2.24, 2.45) is 5.92 Å². The van der Waals surface area contributed by atoms with Crippen molar-refractivity contribution in [3.8, 4) is 0 Å². The van der Waals surface area contributed by atoms with Crippen LogP contribution >= 0.6 is 0 Å². The molecule has 1 unspecified atom stereocenters. The highest BCUT2D eigenvalue weighted by atomic mass is 14.8. The molecule has 0 aromatic heterocycles. The predicted molar refractivity (Wildman–Crippen MR) is 86.9 cm³/mol. The summed E-state index contributed by atoms with van der Waals surface area (Å²) in [5, 5.41) is 11.2. The monoisotopic (exact) mass is 260 g/mol. The van der Waals surface area contributed by atoms with E-state index >= 15 is 0 Å². The van der Waals surface area contributed by atoms with Crippen LogP contribution in [-0.4, -0.2) is 19.3 Å². The van der Waals surface area contributed by atoms with Crippen LogP contribution in [0.5, 0.6) is 0 Å². The van der Waals surface area contributed by atoms with Crippen molar-refractivity contribution in [2.75, 3.05) is 13.6 Å². The average Bonchev–Trinajstić information content (AvgIpc) is 2.43. The Kier molecular flexibility index (Phi) is 9.73. The Morgan fingerprint density at radius 3 is 2.58 bits per heavy atom. The van der Waals surface area contributed by atoms with Crippen molar-refractivity contribution in [3.05, 3.63) is 48.6 Å². The molecule has 1 rings (SSSR count). The Hall–Kier alpha value is -1.41. The zero-order valence-corrected chi connectivity index (χ0v) is 12.6. The Labute approximate surface area is 118 Å². The molecule has 0 saturated heterocycles. The second-order valence-electron chi connectivity index (χ2n) is 4.40. The van der Waals surface area contributed by atoms with Gasteiger partial charge in [0.15, 0.2) is 0 Å². The molecule has 1 atom stereocenters. The highest BCUT2D eigenvalue weighted by molar-refractivity contribution is 5.87. The van der Waals surface area contributed by atoms with Crippen LogP contribution in [0.1, 0.15) is 33.1 Å². The first-order valence-corrected chi connectivity index (χ1v) is 7.07. The molecule has 0 aromatic rings. The molecule has 0 radical (unpaired) electrons. The quantitative estimate of drug-likeness (QED) is 0.711. The third kappa shape index (κ3) is 6.35. The zero-order chi connectivity index (χ0) is 14.7. The van der Waals surface area contributed by atoms with Gasteiger partial charge in [0.25, 0.3) is 0 Å². The Morgan fingerprint density at radius 1 is 1.42 bits per heavy atom. The fraction of sp³-hybridized carbons (Fsp3) is 0.471. The van der Waals surface area contributed by atoms with Gasteiger partial charge in [-0.1, -0.05) is 56.9 Å². The van der Waals surface area contributed by atoms with Crippen LogP contribution in [0, 0.1) is 11.3 Å². The maximum absolute atomic E-state index is 8.04. The van der Waals surface area contributed by atoms with Gasteiger partial charge < -0.3 is 10.7 Å². The number of rotatable bonds is 5. The molecule has 2 heteroatoms. The van der Waals surface area contributed by atoms with E-state index < -0.39 is 0 Å². The van der Waals surface area contributed by atoms with E-state index in [9.17, 15) is 0 Å². The van der Waals surface area contributed by atoms with Crippen molar-refractivity contribution in [1.29, 1.82) is 5.41 Å². The number of allylic oxidation sites excluding steroid dienone is 6. The summed E-state index contributed by atoms with van der Waals surface area (Å²) in [4.78, 5) is 0. The molecule has 19 heavy (non-hydrogen) atoms. The lowest BCUT2D eigenvalue weighted by atomic mass is 9.83. The van der Waals surface area contributed by atoms with Crippen molar-refractivity contribution in [1.82, 2.24) is 5.32 Å². The Bertz CT molecular complexity index is 361. The lowest BCUT2D eigenvalue weighted by molar-refractivity contribution is 0.550. The van der Waals surface area contributed by atoms with E-state index in [0.717, 1.165) is 37.1 Å². The van der Waals surface area contributed by atoms with Gasteiger partial charge in [-0.3, -0.25) is 0 Å². The van der Waals surface area contributed by atoms with Crippen LogP contribution in [0.15, 0.2) is 48.6 Å². The van der Waals surface area contributed by atoms with E-state index in [2.05, 4.69) is 24.6 Å². The van der Waals surface area contributed by atoms with Crippen LogP contribution in [0.25, 0.3) is 0 Å². The largest absolute Gasteiger partial charge is 0.319 e. The van der Waals surface area contributed by atoms with E-state index in [-0.39, 0.29) is 0 Å². The van der Waals surface area contributed by atoms with Crippen LogP contribution in [0.2, 0.25) is 0 Å². The van der Waals surface area contributed by atoms with Crippen LogP contribution in [0.4, 0.5) is 0 Å². The number of nitrogens with one attached hydrogen (secondary N) is 2. The maximum atomic E-state index is 8.04. The van der Waals surface area contributed by atoms with Crippen molar-refractivity contribution in [3.63, 3.8) is 0 Å². The summed E-state index contributed by atoms with van der Waals surface area (Å²) in [5.41, 5.74) is 3.25. The summed E-state index contributed by atoms with van der Waals surface area (Å²) in [6.45, 7) is 12.4. The second kappa shape index (κ2) is 10.5. The highest BCUT2D eigenvalue weighted by Gasteiger charge is 2.20. The number of hydrogen-bond acceptors (Lipinski definition) is 2. The van der Waals surface area contributed by atoms with Crippen LogP contribution in [0.3, 0.4) is 0 Å². The minimum absolute atomic E-state index is 0.410. The second-order valence-corrected chi connectivity index (χ2v) is 4.40. The Morgan fingerprint density at radius 2 is 2.11 bits per heavy atom. The molecule has 0 spiro atoms. The standard InChI is InChI=1S/C15H22N2.C2H6/c1-4-6-12(5-2)9-13-7-8-14(11-17-3)15(16)10-13;1-2/h4-6,9,14,16-17H,1-2,7-8,10-11H2,3H3;1-2H3/b12-6+,13-9+,16-15?;. The minimum Gasteiger partial charge on any atom is -0.319 e.